The van der Waals surface area contributed by atoms with E-state index in [2.05, 4.69) is 10.1 Å². The Morgan fingerprint density at radius 3 is 2.84 bits per heavy atom. The van der Waals surface area contributed by atoms with Gasteiger partial charge in [0.1, 0.15) is 18.1 Å². The van der Waals surface area contributed by atoms with Crippen LogP contribution in [-0.4, -0.2) is 49.9 Å². The second-order valence-electron chi connectivity index (χ2n) is 6.08. The molecule has 132 valence electrons. The summed E-state index contributed by atoms with van der Waals surface area (Å²) in [5.41, 5.74) is 1.26. The van der Waals surface area contributed by atoms with Crippen molar-refractivity contribution in [2.45, 2.75) is 13.3 Å². The number of aromatic nitrogens is 1. The predicted molar refractivity (Wildman–Crippen MR) is 95.9 cm³/mol. The van der Waals surface area contributed by atoms with Crippen molar-refractivity contribution in [1.29, 1.82) is 0 Å². The third kappa shape index (κ3) is 3.91. The first-order valence-electron chi connectivity index (χ1n) is 8.32. The van der Waals surface area contributed by atoms with Gasteiger partial charge in [0.05, 0.1) is 18.4 Å². The molecule has 0 aliphatic rings. The molecule has 0 aliphatic carbocycles. The smallest absolute Gasteiger partial charge is 0.312 e. The summed E-state index contributed by atoms with van der Waals surface area (Å²) in [6.45, 7) is 3.61. The van der Waals surface area contributed by atoms with Crippen LogP contribution in [0, 0.1) is 0 Å². The van der Waals surface area contributed by atoms with E-state index in [1.807, 2.05) is 44.4 Å². The van der Waals surface area contributed by atoms with Gasteiger partial charge >= 0.3 is 5.97 Å². The third-order valence-corrected chi connectivity index (χ3v) is 3.92. The van der Waals surface area contributed by atoms with Crippen molar-refractivity contribution in [1.82, 2.24) is 10.1 Å². The highest BCUT2D eigenvalue weighted by Crippen LogP contribution is 2.31. The molecule has 2 aromatic carbocycles. The number of rotatable bonds is 7. The summed E-state index contributed by atoms with van der Waals surface area (Å²) in [4.78, 5) is 13.9. The molecule has 1 heterocycles. The quantitative estimate of drug-likeness (QED) is 0.615. The lowest BCUT2D eigenvalue weighted by Crippen LogP contribution is -2.19. The summed E-state index contributed by atoms with van der Waals surface area (Å²) in [5, 5.41) is 6.90. The van der Waals surface area contributed by atoms with E-state index in [1.165, 1.54) is 0 Å². The largest absolute Gasteiger partial charge is 0.492 e. The van der Waals surface area contributed by atoms with Gasteiger partial charge in [-0.15, -0.1) is 0 Å². The number of esters is 1. The van der Waals surface area contributed by atoms with Gasteiger partial charge in [-0.05, 0) is 56.1 Å². The zero-order valence-corrected chi connectivity index (χ0v) is 14.7. The lowest BCUT2D eigenvalue weighted by atomic mass is 10.0. The van der Waals surface area contributed by atoms with Crippen molar-refractivity contribution >= 4 is 27.7 Å². The fraction of sp³-hybridized carbons (Fsp3) is 0.368. The molecule has 0 radical (unpaired) electrons. The van der Waals surface area contributed by atoms with Crippen LogP contribution >= 0.6 is 0 Å². The van der Waals surface area contributed by atoms with Crippen LogP contribution in [0.25, 0.3) is 21.7 Å². The van der Waals surface area contributed by atoms with E-state index in [4.69, 9.17) is 14.0 Å². The number of benzene rings is 2. The Kier molecular flexibility index (Phi) is 5.19. The van der Waals surface area contributed by atoms with Crippen LogP contribution in [0.1, 0.15) is 12.6 Å². The standard InChI is InChI=1S/C19H22N2O4/c1-4-23-18(22)12-16-19-15-7-6-14(24-10-9-21(2)3)11-13(15)5-8-17(19)25-20-16/h5-8,11H,4,9-10,12H2,1-3H3. The maximum Gasteiger partial charge on any atom is 0.312 e. The molecule has 6 heteroatoms. The Labute approximate surface area is 146 Å². The van der Waals surface area contributed by atoms with Crippen LogP contribution in [0.15, 0.2) is 34.9 Å². The number of hydrogen-bond acceptors (Lipinski definition) is 6. The van der Waals surface area contributed by atoms with Crippen molar-refractivity contribution in [3.8, 4) is 5.75 Å². The molecule has 0 atom stereocenters. The summed E-state index contributed by atoms with van der Waals surface area (Å²) >= 11 is 0. The van der Waals surface area contributed by atoms with E-state index in [0.717, 1.165) is 28.5 Å². The molecular formula is C19H22N2O4. The lowest BCUT2D eigenvalue weighted by Gasteiger charge is -2.11. The van der Waals surface area contributed by atoms with Crippen LogP contribution in [0.2, 0.25) is 0 Å². The monoisotopic (exact) mass is 342 g/mol. The summed E-state index contributed by atoms with van der Waals surface area (Å²) in [6, 6.07) is 9.73. The topological polar surface area (TPSA) is 64.8 Å². The predicted octanol–water partition coefficient (Wildman–Crippen LogP) is 3.03. The molecule has 3 aromatic rings. The van der Waals surface area contributed by atoms with Gasteiger partial charge in [0.2, 0.25) is 0 Å². The van der Waals surface area contributed by atoms with Crippen molar-refractivity contribution in [3.63, 3.8) is 0 Å². The highest BCUT2D eigenvalue weighted by molar-refractivity contribution is 6.07. The fourth-order valence-electron chi connectivity index (χ4n) is 2.72. The fourth-order valence-corrected chi connectivity index (χ4v) is 2.72. The van der Waals surface area contributed by atoms with Crippen molar-refractivity contribution in [2.24, 2.45) is 0 Å². The van der Waals surface area contributed by atoms with Gasteiger partial charge in [-0.1, -0.05) is 11.2 Å². The number of carbonyl (C=O) groups is 1. The van der Waals surface area contributed by atoms with Crippen molar-refractivity contribution in [3.05, 3.63) is 36.0 Å². The molecule has 0 unspecified atom stereocenters. The molecule has 0 fully saturated rings. The number of nitrogens with zero attached hydrogens (tertiary/aromatic N) is 2. The first kappa shape index (κ1) is 17.2. The van der Waals surface area contributed by atoms with Gasteiger partial charge in [-0.2, -0.15) is 0 Å². The van der Waals surface area contributed by atoms with E-state index in [0.29, 0.717) is 24.5 Å². The zero-order valence-electron chi connectivity index (χ0n) is 14.7. The maximum atomic E-state index is 11.8. The minimum absolute atomic E-state index is 0.0983. The maximum absolute atomic E-state index is 11.8. The second-order valence-corrected chi connectivity index (χ2v) is 6.08. The number of hydrogen-bond donors (Lipinski definition) is 0. The van der Waals surface area contributed by atoms with Crippen molar-refractivity contribution in [2.75, 3.05) is 33.9 Å². The van der Waals surface area contributed by atoms with E-state index in [-0.39, 0.29) is 12.4 Å². The molecule has 0 amide bonds. The molecule has 0 aliphatic heterocycles. The molecule has 0 N–H and O–H groups in total. The summed E-state index contributed by atoms with van der Waals surface area (Å²) < 4.78 is 16.2. The third-order valence-electron chi connectivity index (χ3n) is 3.92. The Morgan fingerprint density at radius 1 is 1.24 bits per heavy atom. The highest BCUT2D eigenvalue weighted by Gasteiger charge is 2.16. The van der Waals surface area contributed by atoms with E-state index < -0.39 is 0 Å². The molecule has 25 heavy (non-hydrogen) atoms. The molecule has 0 bridgehead atoms. The van der Waals surface area contributed by atoms with Crippen LogP contribution in [-0.2, 0) is 16.0 Å². The number of ether oxygens (including phenoxy) is 2. The van der Waals surface area contributed by atoms with E-state index in [1.54, 1.807) is 6.92 Å². The van der Waals surface area contributed by atoms with Gasteiger partial charge in [0.15, 0.2) is 5.58 Å². The lowest BCUT2D eigenvalue weighted by molar-refractivity contribution is -0.142. The first-order valence-corrected chi connectivity index (χ1v) is 8.32. The molecule has 0 saturated carbocycles. The molecule has 1 aromatic heterocycles. The Bertz CT molecular complexity index is 886. The van der Waals surface area contributed by atoms with Gasteiger partial charge in [0, 0.05) is 6.54 Å². The molecular weight excluding hydrogens is 320 g/mol. The number of fused-ring (bicyclic) bond motifs is 3. The van der Waals surface area contributed by atoms with Crippen LogP contribution in [0.4, 0.5) is 0 Å². The van der Waals surface area contributed by atoms with Crippen LogP contribution < -0.4 is 4.74 Å². The number of carbonyl (C=O) groups excluding carboxylic acids is 1. The van der Waals surface area contributed by atoms with Crippen molar-refractivity contribution < 1.29 is 18.8 Å². The van der Waals surface area contributed by atoms with Gasteiger partial charge in [-0.3, -0.25) is 4.79 Å². The summed E-state index contributed by atoms with van der Waals surface area (Å²) in [5.74, 6) is 0.510. The van der Waals surface area contributed by atoms with Crippen LogP contribution in [0.3, 0.4) is 0 Å². The van der Waals surface area contributed by atoms with Gasteiger partial charge in [-0.25, -0.2) is 0 Å². The number of likely N-dealkylation sites (N-methyl/N-ethyl adjacent to an activating group) is 1. The van der Waals surface area contributed by atoms with E-state index in [9.17, 15) is 4.79 Å². The average molecular weight is 342 g/mol. The first-order chi connectivity index (χ1) is 12.1. The van der Waals surface area contributed by atoms with E-state index >= 15 is 0 Å². The molecule has 0 saturated heterocycles. The minimum Gasteiger partial charge on any atom is -0.492 e. The second kappa shape index (κ2) is 7.53. The van der Waals surface area contributed by atoms with Crippen LogP contribution in [0.5, 0.6) is 5.75 Å². The molecule has 3 rings (SSSR count). The minimum atomic E-state index is -0.307. The Hall–Kier alpha value is -2.60. The SMILES string of the molecule is CCOC(=O)Cc1noc2ccc3cc(OCCN(C)C)ccc3c12. The normalized spacial score (nSPS) is 11.4. The molecule has 0 spiro atoms. The summed E-state index contributed by atoms with van der Waals surface area (Å²) in [6.07, 6.45) is 0.0983. The van der Waals surface area contributed by atoms with Gasteiger partial charge in [0.25, 0.3) is 0 Å². The Balaban J connectivity index is 1.91. The molecule has 6 nitrogen and oxygen atoms in total. The zero-order chi connectivity index (χ0) is 17.8. The van der Waals surface area contributed by atoms with Gasteiger partial charge < -0.3 is 18.9 Å². The average Bonchev–Trinajstić information content (AvgIpc) is 2.98. The highest BCUT2D eigenvalue weighted by atomic mass is 16.5. The summed E-state index contributed by atoms with van der Waals surface area (Å²) in [7, 11) is 4.02. The Morgan fingerprint density at radius 2 is 2.08 bits per heavy atom.